The molecule has 9 heteroatoms. The number of H-pyrrole nitrogens is 1. The summed E-state index contributed by atoms with van der Waals surface area (Å²) >= 11 is 5.96. The molecule has 8 nitrogen and oxygen atoms in total. The fourth-order valence-electron chi connectivity index (χ4n) is 3.40. The molecule has 148 valence electrons. The first kappa shape index (κ1) is 19.1. The monoisotopic (exact) mass is 410 g/mol. The Labute approximate surface area is 170 Å². The zero-order valence-electron chi connectivity index (χ0n) is 16.2. The molecule has 0 unspecified atom stereocenters. The SMILES string of the molecule is Cc1nc(Cl)cnc1-c1nc2c(c(=O)[nH]c(=O)n2C(C)C)n1Cc1ccccc1. The third kappa shape index (κ3) is 3.36. The van der Waals surface area contributed by atoms with Crippen LogP contribution in [-0.4, -0.2) is 29.1 Å². The first-order valence-electron chi connectivity index (χ1n) is 9.15. The second-order valence-corrected chi connectivity index (χ2v) is 7.42. The molecule has 0 aliphatic carbocycles. The number of aryl methyl sites for hydroxylation is 1. The third-order valence-electron chi connectivity index (χ3n) is 4.66. The van der Waals surface area contributed by atoms with E-state index in [1.54, 1.807) is 11.5 Å². The van der Waals surface area contributed by atoms with E-state index in [1.165, 1.54) is 10.8 Å². The van der Waals surface area contributed by atoms with Crippen LogP contribution in [0.4, 0.5) is 0 Å². The lowest BCUT2D eigenvalue weighted by atomic mass is 10.2. The smallest absolute Gasteiger partial charge is 0.312 e. The summed E-state index contributed by atoms with van der Waals surface area (Å²) in [5.41, 5.74) is 1.71. The van der Waals surface area contributed by atoms with Gasteiger partial charge in [0.15, 0.2) is 17.0 Å². The van der Waals surface area contributed by atoms with Gasteiger partial charge in [0, 0.05) is 12.6 Å². The average Bonchev–Trinajstić information content (AvgIpc) is 3.01. The minimum absolute atomic E-state index is 0.188. The molecule has 0 bridgehead atoms. The van der Waals surface area contributed by atoms with Crippen LogP contribution in [-0.2, 0) is 6.54 Å². The van der Waals surface area contributed by atoms with Crippen LogP contribution in [0.5, 0.6) is 0 Å². The van der Waals surface area contributed by atoms with Gasteiger partial charge in [-0.1, -0.05) is 41.9 Å². The van der Waals surface area contributed by atoms with Gasteiger partial charge in [0.2, 0.25) is 0 Å². The molecule has 3 aromatic heterocycles. The van der Waals surface area contributed by atoms with Gasteiger partial charge in [-0.3, -0.25) is 14.3 Å². The van der Waals surface area contributed by atoms with Crippen LogP contribution in [0.25, 0.3) is 22.7 Å². The Bertz CT molecular complexity index is 1320. The molecule has 3 heterocycles. The van der Waals surface area contributed by atoms with E-state index in [2.05, 4.69) is 19.9 Å². The highest BCUT2D eigenvalue weighted by Crippen LogP contribution is 2.25. The molecule has 4 aromatic rings. The molecule has 0 saturated heterocycles. The van der Waals surface area contributed by atoms with E-state index >= 15 is 0 Å². The lowest BCUT2D eigenvalue weighted by molar-refractivity contribution is 0.580. The van der Waals surface area contributed by atoms with Crippen LogP contribution in [0.15, 0.2) is 46.1 Å². The van der Waals surface area contributed by atoms with Gasteiger partial charge in [0.05, 0.1) is 11.9 Å². The maximum atomic E-state index is 12.8. The molecule has 0 fully saturated rings. The minimum Gasteiger partial charge on any atom is -0.312 e. The van der Waals surface area contributed by atoms with Crippen molar-refractivity contribution < 1.29 is 0 Å². The van der Waals surface area contributed by atoms with Crippen molar-refractivity contribution in [2.45, 2.75) is 33.4 Å². The van der Waals surface area contributed by atoms with Gasteiger partial charge < -0.3 is 4.57 Å². The van der Waals surface area contributed by atoms with Gasteiger partial charge in [-0.15, -0.1) is 0 Å². The number of fused-ring (bicyclic) bond motifs is 1. The molecule has 0 spiro atoms. The van der Waals surface area contributed by atoms with E-state index in [4.69, 9.17) is 11.6 Å². The molecule has 29 heavy (non-hydrogen) atoms. The minimum atomic E-state index is -0.493. The largest absolute Gasteiger partial charge is 0.330 e. The molecule has 1 N–H and O–H groups in total. The number of nitrogens with zero attached hydrogens (tertiary/aromatic N) is 5. The van der Waals surface area contributed by atoms with Crippen molar-refractivity contribution in [3.05, 3.63) is 73.8 Å². The summed E-state index contributed by atoms with van der Waals surface area (Å²) in [6, 6.07) is 9.51. The van der Waals surface area contributed by atoms with Crippen LogP contribution >= 0.6 is 11.6 Å². The quantitative estimate of drug-likeness (QED) is 0.557. The molecule has 0 atom stereocenters. The van der Waals surface area contributed by atoms with Gasteiger partial charge in [-0.2, -0.15) is 0 Å². The molecule has 4 rings (SSSR count). The Morgan fingerprint density at radius 1 is 1.14 bits per heavy atom. The van der Waals surface area contributed by atoms with Crippen molar-refractivity contribution in [2.75, 3.05) is 0 Å². The summed E-state index contributed by atoms with van der Waals surface area (Å²) in [7, 11) is 0. The number of benzene rings is 1. The molecular weight excluding hydrogens is 392 g/mol. The van der Waals surface area contributed by atoms with Gasteiger partial charge >= 0.3 is 5.69 Å². The van der Waals surface area contributed by atoms with Crippen molar-refractivity contribution in [1.29, 1.82) is 0 Å². The maximum Gasteiger partial charge on any atom is 0.330 e. The van der Waals surface area contributed by atoms with Crippen LogP contribution in [0.1, 0.15) is 31.1 Å². The highest BCUT2D eigenvalue weighted by molar-refractivity contribution is 6.29. The van der Waals surface area contributed by atoms with Crippen molar-refractivity contribution >= 4 is 22.8 Å². The predicted molar refractivity (Wildman–Crippen MR) is 111 cm³/mol. The molecular formula is C20H19ClN6O2. The Balaban J connectivity index is 2.10. The average molecular weight is 411 g/mol. The summed E-state index contributed by atoms with van der Waals surface area (Å²) in [6.45, 7) is 5.89. The van der Waals surface area contributed by atoms with E-state index in [0.29, 0.717) is 34.9 Å². The summed E-state index contributed by atoms with van der Waals surface area (Å²) < 4.78 is 3.24. The molecule has 0 aliphatic heterocycles. The zero-order valence-corrected chi connectivity index (χ0v) is 16.9. The molecule has 0 aliphatic rings. The first-order valence-corrected chi connectivity index (χ1v) is 9.53. The molecule has 0 saturated carbocycles. The van der Waals surface area contributed by atoms with Gasteiger partial charge in [-0.25, -0.2) is 19.7 Å². The Kier molecular flexibility index (Phi) is 4.79. The van der Waals surface area contributed by atoms with Crippen LogP contribution in [0.2, 0.25) is 5.15 Å². The van der Waals surface area contributed by atoms with Gasteiger partial charge in [0.25, 0.3) is 5.56 Å². The number of hydrogen-bond acceptors (Lipinski definition) is 5. The normalized spacial score (nSPS) is 11.5. The van der Waals surface area contributed by atoms with Crippen molar-refractivity contribution in [1.82, 2.24) is 29.1 Å². The second kappa shape index (κ2) is 7.29. The second-order valence-electron chi connectivity index (χ2n) is 7.03. The number of aromatic nitrogens is 6. The molecule has 0 radical (unpaired) electrons. The van der Waals surface area contributed by atoms with E-state index in [0.717, 1.165) is 5.56 Å². The number of hydrogen-bond donors (Lipinski definition) is 1. The van der Waals surface area contributed by atoms with Gasteiger partial charge in [0.1, 0.15) is 10.8 Å². The summed E-state index contributed by atoms with van der Waals surface area (Å²) in [5.74, 6) is 0.455. The standard InChI is InChI=1S/C20H19ClN6O2/c1-11(2)27-18-16(19(28)25-20(27)29)26(10-13-7-5-4-6-8-13)17(24-18)15-12(3)23-14(21)9-22-15/h4-9,11H,10H2,1-3H3,(H,25,28,29). The zero-order chi connectivity index (χ0) is 20.7. The fourth-order valence-corrected chi connectivity index (χ4v) is 3.57. The maximum absolute atomic E-state index is 12.8. The highest BCUT2D eigenvalue weighted by atomic mass is 35.5. The van der Waals surface area contributed by atoms with Gasteiger partial charge in [-0.05, 0) is 26.3 Å². The third-order valence-corrected chi connectivity index (χ3v) is 4.84. The van der Waals surface area contributed by atoms with Crippen LogP contribution in [0, 0.1) is 6.92 Å². The topological polar surface area (TPSA) is 98.5 Å². The number of aromatic amines is 1. The number of rotatable bonds is 4. The number of imidazole rings is 1. The van der Waals surface area contributed by atoms with Crippen molar-refractivity contribution in [2.24, 2.45) is 0 Å². The highest BCUT2D eigenvalue weighted by Gasteiger charge is 2.23. The van der Waals surface area contributed by atoms with Crippen molar-refractivity contribution in [3.8, 4) is 11.5 Å². The van der Waals surface area contributed by atoms with E-state index in [-0.39, 0.29) is 11.2 Å². The van der Waals surface area contributed by atoms with E-state index in [9.17, 15) is 9.59 Å². The van der Waals surface area contributed by atoms with Crippen LogP contribution < -0.4 is 11.2 Å². The summed E-state index contributed by atoms with van der Waals surface area (Å²) in [6.07, 6.45) is 1.44. The Morgan fingerprint density at radius 3 is 2.52 bits per heavy atom. The Hall–Kier alpha value is -3.26. The van der Waals surface area contributed by atoms with Crippen LogP contribution in [0.3, 0.4) is 0 Å². The fraction of sp³-hybridized carbons (Fsp3) is 0.250. The molecule has 1 aromatic carbocycles. The van der Waals surface area contributed by atoms with E-state index < -0.39 is 11.2 Å². The van der Waals surface area contributed by atoms with Crippen molar-refractivity contribution in [3.63, 3.8) is 0 Å². The first-order chi connectivity index (χ1) is 13.9. The summed E-state index contributed by atoms with van der Waals surface area (Å²) in [5, 5.41) is 0.272. The van der Waals surface area contributed by atoms with E-state index in [1.807, 2.05) is 44.2 Å². The molecule has 0 amide bonds. The predicted octanol–water partition coefficient (Wildman–Crippen LogP) is 2.93. The number of halogens is 1. The lowest BCUT2D eigenvalue weighted by Gasteiger charge is -2.11. The Morgan fingerprint density at radius 2 is 1.86 bits per heavy atom. The summed E-state index contributed by atoms with van der Waals surface area (Å²) in [4.78, 5) is 41.0. The number of nitrogens with one attached hydrogen (secondary N) is 1. The lowest BCUT2D eigenvalue weighted by Crippen LogP contribution is -2.32.